The molecule has 2 nitrogen and oxygen atoms in total. The predicted octanol–water partition coefficient (Wildman–Crippen LogP) is 4.90. The van der Waals surface area contributed by atoms with E-state index in [0.29, 0.717) is 6.08 Å². The number of carbonyl (C=O) groups is 1. The van der Waals surface area contributed by atoms with Crippen molar-refractivity contribution in [2.24, 2.45) is 17.3 Å². The van der Waals surface area contributed by atoms with Gasteiger partial charge in [0.1, 0.15) is 5.03 Å². The minimum atomic E-state index is -5.02. The smallest absolute Gasteiger partial charge is 0.426 e. The van der Waals surface area contributed by atoms with Gasteiger partial charge in [-0.1, -0.05) is 37.4 Å². The fourth-order valence-electron chi connectivity index (χ4n) is 2.28. The van der Waals surface area contributed by atoms with Crippen LogP contribution in [0.5, 0.6) is 0 Å². The van der Waals surface area contributed by atoms with Crippen LogP contribution in [0.3, 0.4) is 0 Å². The van der Waals surface area contributed by atoms with Gasteiger partial charge in [-0.15, -0.1) is 6.42 Å². The summed E-state index contributed by atoms with van der Waals surface area (Å²) in [5.74, 6) is -3.73. The molecule has 0 aromatic rings. The fraction of sp³-hybridized carbons (Fsp3) is 0.533. The fourth-order valence-corrected chi connectivity index (χ4v) is 2.42. The molecule has 0 saturated heterocycles. The molecule has 0 aromatic heterocycles. The van der Waals surface area contributed by atoms with Crippen molar-refractivity contribution in [1.82, 2.24) is 0 Å². The first-order valence-corrected chi connectivity index (χ1v) is 7.05. The summed E-state index contributed by atoms with van der Waals surface area (Å²) in [6.07, 6.45) is -7.36. The van der Waals surface area contributed by atoms with E-state index >= 15 is 0 Å². The van der Waals surface area contributed by atoms with Crippen molar-refractivity contribution in [1.29, 1.82) is 0 Å². The van der Waals surface area contributed by atoms with Crippen LogP contribution in [-0.2, 0) is 9.53 Å². The van der Waals surface area contributed by atoms with E-state index in [9.17, 15) is 35.5 Å². The second-order valence-corrected chi connectivity index (χ2v) is 6.30. The number of esters is 1. The Labute approximate surface area is 143 Å². The molecule has 0 aliphatic heterocycles. The van der Waals surface area contributed by atoms with E-state index in [4.69, 9.17) is 18.0 Å². The molecular formula is C15H12ClF7O2. The maximum atomic E-state index is 13.4. The highest BCUT2D eigenvalue weighted by Crippen LogP contribution is 2.60. The number of alkyl halides is 6. The van der Waals surface area contributed by atoms with Crippen molar-refractivity contribution in [2.45, 2.75) is 32.3 Å². The topological polar surface area (TPSA) is 26.3 Å². The summed E-state index contributed by atoms with van der Waals surface area (Å²) in [4.78, 5) is 12.0. The van der Waals surface area contributed by atoms with Gasteiger partial charge in [0, 0.05) is 0 Å². The molecule has 0 amide bonds. The molecule has 0 N–H and O–H groups in total. The molecular weight excluding hydrogens is 381 g/mol. The van der Waals surface area contributed by atoms with Gasteiger partial charge in [-0.05, 0) is 11.3 Å². The Balaban J connectivity index is 2.91. The average molecular weight is 393 g/mol. The standard InChI is InChI=1S/C15H12ClF7O2/c1-4-9(8(17)6-14(18,19)20)25-12(24)11-7(13(11,2)3)5-10(16)15(21,22)23/h1,5-7,9,11H,2-3H3/b8-6-,10-5-. The number of carbonyl (C=O) groups excluding carboxylic acids is 1. The van der Waals surface area contributed by atoms with Crippen LogP contribution < -0.4 is 0 Å². The molecule has 1 saturated carbocycles. The lowest BCUT2D eigenvalue weighted by atomic mass is 10.1. The Kier molecular flexibility index (Phi) is 5.90. The quantitative estimate of drug-likeness (QED) is 0.386. The number of allylic oxidation sites excluding steroid dienone is 3. The lowest BCUT2D eigenvalue weighted by Gasteiger charge is -2.12. The highest BCUT2D eigenvalue weighted by atomic mass is 35.5. The van der Waals surface area contributed by atoms with E-state index in [2.05, 4.69) is 4.74 Å². The van der Waals surface area contributed by atoms with Gasteiger partial charge in [-0.3, -0.25) is 4.79 Å². The molecule has 1 aliphatic rings. The summed E-state index contributed by atoms with van der Waals surface area (Å²) in [7, 11) is 0. The van der Waals surface area contributed by atoms with Crippen LogP contribution in [0, 0.1) is 29.6 Å². The van der Waals surface area contributed by atoms with E-state index in [0.717, 1.165) is 0 Å². The van der Waals surface area contributed by atoms with Crippen LogP contribution in [0.2, 0.25) is 0 Å². The van der Waals surface area contributed by atoms with Gasteiger partial charge in [0.2, 0.25) is 6.10 Å². The Morgan fingerprint density at radius 1 is 1.28 bits per heavy atom. The Bertz CT molecular complexity index is 638. The number of halogens is 8. The molecule has 0 aromatic carbocycles. The van der Waals surface area contributed by atoms with E-state index in [-0.39, 0.29) is 0 Å². The van der Waals surface area contributed by atoms with Crippen molar-refractivity contribution in [2.75, 3.05) is 0 Å². The van der Waals surface area contributed by atoms with Gasteiger partial charge >= 0.3 is 18.3 Å². The largest absolute Gasteiger partial charge is 0.441 e. The maximum Gasteiger partial charge on any atom is 0.426 e. The molecule has 1 rings (SSSR count). The lowest BCUT2D eigenvalue weighted by molar-refractivity contribution is -0.148. The van der Waals surface area contributed by atoms with Gasteiger partial charge in [0.25, 0.3) is 0 Å². The molecule has 0 spiro atoms. The number of hydrogen-bond acceptors (Lipinski definition) is 2. The zero-order valence-corrected chi connectivity index (χ0v) is 13.6. The predicted molar refractivity (Wildman–Crippen MR) is 74.7 cm³/mol. The third kappa shape index (κ3) is 5.39. The molecule has 0 radical (unpaired) electrons. The van der Waals surface area contributed by atoms with Crippen molar-refractivity contribution in [3.05, 3.63) is 23.0 Å². The third-order valence-corrected chi connectivity index (χ3v) is 4.04. The summed E-state index contributed by atoms with van der Waals surface area (Å²) in [6.45, 7) is 2.85. The molecule has 140 valence electrons. The zero-order chi connectivity index (χ0) is 19.8. The normalized spacial score (nSPS) is 25.2. The van der Waals surface area contributed by atoms with Gasteiger partial charge in [-0.25, -0.2) is 4.39 Å². The molecule has 25 heavy (non-hydrogen) atoms. The summed E-state index contributed by atoms with van der Waals surface area (Å²) >= 11 is 5.10. The first-order valence-electron chi connectivity index (χ1n) is 6.67. The highest BCUT2D eigenvalue weighted by molar-refractivity contribution is 6.30. The van der Waals surface area contributed by atoms with Gasteiger partial charge < -0.3 is 4.74 Å². The number of ether oxygens (including phenoxy) is 1. The SMILES string of the molecule is C#CC(OC(=O)C1C(/C=C(\Cl)C(F)(F)F)C1(C)C)/C(F)=C/C(F)(F)F. The van der Waals surface area contributed by atoms with E-state index in [1.807, 2.05) is 0 Å². The minimum absolute atomic E-state index is 0.611. The molecule has 0 heterocycles. The molecule has 1 aliphatic carbocycles. The molecule has 3 unspecified atom stereocenters. The van der Waals surface area contributed by atoms with E-state index in [1.165, 1.54) is 19.8 Å². The second-order valence-electron chi connectivity index (χ2n) is 5.89. The molecule has 1 fully saturated rings. The molecule has 0 bridgehead atoms. The Morgan fingerprint density at radius 2 is 1.80 bits per heavy atom. The van der Waals surface area contributed by atoms with E-state index < -0.39 is 58.6 Å². The summed E-state index contributed by atoms with van der Waals surface area (Å²) < 4.78 is 91.5. The van der Waals surface area contributed by atoms with Crippen molar-refractivity contribution < 1.29 is 40.3 Å². The Morgan fingerprint density at radius 3 is 2.20 bits per heavy atom. The third-order valence-electron chi connectivity index (χ3n) is 3.70. The van der Waals surface area contributed by atoms with Gasteiger partial charge in [-0.2, -0.15) is 26.3 Å². The zero-order valence-electron chi connectivity index (χ0n) is 12.8. The van der Waals surface area contributed by atoms with Gasteiger partial charge in [0.15, 0.2) is 5.83 Å². The molecule has 3 atom stereocenters. The maximum absolute atomic E-state index is 13.4. The monoisotopic (exact) mass is 392 g/mol. The summed E-state index contributed by atoms with van der Waals surface area (Å²) in [5, 5.41) is -1.45. The van der Waals surface area contributed by atoms with E-state index in [1.54, 1.807) is 0 Å². The summed E-state index contributed by atoms with van der Waals surface area (Å²) in [6, 6.07) is 0. The van der Waals surface area contributed by atoms with Crippen LogP contribution in [0.15, 0.2) is 23.0 Å². The number of hydrogen-bond donors (Lipinski definition) is 0. The molecule has 10 heteroatoms. The summed E-state index contributed by atoms with van der Waals surface area (Å²) in [5.41, 5.74) is -1.01. The van der Waals surface area contributed by atoms with Crippen LogP contribution >= 0.6 is 11.6 Å². The number of rotatable bonds is 4. The van der Waals surface area contributed by atoms with Gasteiger partial charge in [0.05, 0.1) is 12.0 Å². The number of terminal acetylenes is 1. The first-order chi connectivity index (χ1) is 11.1. The second kappa shape index (κ2) is 6.90. The Hall–Kier alpha value is -1.69. The van der Waals surface area contributed by atoms with Crippen LogP contribution in [0.1, 0.15) is 13.8 Å². The van der Waals surface area contributed by atoms with Crippen LogP contribution in [0.25, 0.3) is 0 Å². The van der Waals surface area contributed by atoms with Crippen molar-refractivity contribution in [3.63, 3.8) is 0 Å². The van der Waals surface area contributed by atoms with Crippen molar-refractivity contribution in [3.8, 4) is 12.3 Å². The average Bonchev–Trinajstić information content (AvgIpc) is 2.93. The first kappa shape index (κ1) is 21.4. The lowest BCUT2D eigenvalue weighted by Crippen LogP contribution is -2.21. The minimum Gasteiger partial charge on any atom is -0.441 e. The van der Waals surface area contributed by atoms with Crippen molar-refractivity contribution >= 4 is 17.6 Å². The van der Waals surface area contributed by atoms with Crippen LogP contribution in [0.4, 0.5) is 30.7 Å². The van der Waals surface area contributed by atoms with Crippen LogP contribution in [-0.4, -0.2) is 24.4 Å². The highest BCUT2D eigenvalue weighted by Gasteiger charge is 2.62.